The van der Waals surface area contributed by atoms with E-state index in [4.69, 9.17) is 5.73 Å². The van der Waals surface area contributed by atoms with Crippen LogP contribution in [0.4, 0.5) is 5.82 Å². The number of nitrogens with zero attached hydrogens (tertiary/aromatic N) is 3. The van der Waals surface area contributed by atoms with Crippen LogP contribution in [0, 0.1) is 0 Å². The highest BCUT2D eigenvalue weighted by Crippen LogP contribution is 2.30. The van der Waals surface area contributed by atoms with E-state index >= 15 is 0 Å². The first-order valence-electron chi connectivity index (χ1n) is 7.04. The van der Waals surface area contributed by atoms with Gasteiger partial charge in [-0.25, -0.2) is 4.98 Å². The molecule has 0 saturated carbocycles. The molecule has 0 aliphatic carbocycles. The first-order valence-corrected chi connectivity index (χ1v) is 7.83. The van der Waals surface area contributed by atoms with E-state index in [0.717, 1.165) is 28.9 Å². The maximum atomic E-state index is 5.88. The zero-order valence-corrected chi connectivity index (χ0v) is 12.9. The molecule has 3 heterocycles. The summed E-state index contributed by atoms with van der Waals surface area (Å²) in [4.78, 5) is 9.69. The van der Waals surface area contributed by atoms with Crippen molar-refractivity contribution in [1.29, 1.82) is 0 Å². The highest BCUT2D eigenvalue weighted by atomic mass is 79.9. The molecule has 1 aromatic rings. The van der Waals surface area contributed by atoms with Gasteiger partial charge in [0.2, 0.25) is 0 Å². The molecule has 1 aromatic heterocycles. The summed E-state index contributed by atoms with van der Waals surface area (Å²) in [6.45, 7) is 6.33. The Kier molecular flexibility index (Phi) is 3.78. The Labute approximate surface area is 123 Å². The van der Waals surface area contributed by atoms with Gasteiger partial charge in [0.15, 0.2) is 0 Å². The predicted molar refractivity (Wildman–Crippen MR) is 81.2 cm³/mol. The van der Waals surface area contributed by atoms with Crippen molar-refractivity contribution in [3.63, 3.8) is 0 Å². The van der Waals surface area contributed by atoms with Crippen molar-refractivity contribution in [2.75, 3.05) is 24.5 Å². The highest BCUT2D eigenvalue weighted by Gasteiger charge is 2.35. The van der Waals surface area contributed by atoms with Gasteiger partial charge in [-0.1, -0.05) is 0 Å². The fourth-order valence-corrected chi connectivity index (χ4v) is 3.74. The average Bonchev–Trinajstić information content (AvgIpc) is 2.85. The van der Waals surface area contributed by atoms with Crippen molar-refractivity contribution in [3.05, 3.63) is 22.3 Å². The van der Waals surface area contributed by atoms with E-state index in [2.05, 4.69) is 43.7 Å². The van der Waals surface area contributed by atoms with Crippen molar-refractivity contribution < 1.29 is 0 Å². The molecule has 0 radical (unpaired) electrons. The molecule has 2 atom stereocenters. The molecule has 5 heteroatoms. The molecule has 0 amide bonds. The van der Waals surface area contributed by atoms with Gasteiger partial charge < -0.3 is 10.6 Å². The minimum Gasteiger partial charge on any atom is -0.351 e. The van der Waals surface area contributed by atoms with Gasteiger partial charge in [-0.15, -0.1) is 0 Å². The Bertz CT molecular complexity index is 465. The SMILES string of the molecule is CC1CN2CCCC2CN1c1ncc(Br)cc1CN. The summed E-state index contributed by atoms with van der Waals surface area (Å²) in [6.07, 6.45) is 4.53. The molecule has 0 spiro atoms. The van der Waals surface area contributed by atoms with Crippen LogP contribution in [0.2, 0.25) is 0 Å². The van der Waals surface area contributed by atoms with Gasteiger partial charge in [0, 0.05) is 48.0 Å². The summed E-state index contributed by atoms with van der Waals surface area (Å²) in [5, 5.41) is 0. The van der Waals surface area contributed by atoms with Gasteiger partial charge in [0.05, 0.1) is 0 Å². The summed E-state index contributed by atoms with van der Waals surface area (Å²) >= 11 is 3.48. The van der Waals surface area contributed by atoms with E-state index < -0.39 is 0 Å². The largest absolute Gasteiger partial charge is 0.351 e. The number of piperazine rings is 1. The van der Waals surface area contributed by atoms with E-state index in [9.17, 15) is 0 Å². The monoisotopic (exact) mass is 324 g/mol. The molecule has 2 aliphatic rings. The molecule has 0 bridgehead atoms. The van der Waals surface area contributed by atoms with Crippen LogP contribution in [-0.4, -0.2) is 41.6 Å². The van der Waals surface area contributed by atoms with E-state index in [-0.39, 0.29) is 0 Å². The minimum atomic E-state index is 0.508. The topological polar surface area (TPSA) is 45.4 Å². The maximum absolute atomic E-state index is 5.88. The average molecular weight is 325 g/mol. The molecule has 2 unspecified atom stereocenters. The molecule has 2 aliphatic heterocycles. The predicted octanol–water partition coefficient (Wildman–Crippen LogP) is 1.98. The van der Waals surface area contributed by atoms with E-state index in [0.29, 0.717) is 18.6 Å². The zero-order valence-electron chi connectivity index (χ0n) is 11.3. The second kappa shape index (κ2) is 5.38. The Balaban J connectivity index is 1.88. The second-order valence-corrected chi connectivity index (χ2v) is 6.55. The summed E-state index contributed by atoms with van der Waals surface area (Å²) in [5.41, 5.74) is 7.01. The number of fused-ring (bicyclic) bond motifs is 1. The lowest BCUT2D eigenvalue weighted by molar-refractivity contribution is 0.202. The third-order valence-electron chi connectivity index (χ3n) is 4.34. The molecule has 19 heavy (non-hydrogen) atoms. The Morgan fingerprint density at radius 3 is 3.11 bits per heavy atom. The molecule has 2 N–H and O–H groups in total. The molecule has 4 nitrogen and oxygen atoms in total. The van der Waals surface area contributed by atoms with Crippen LogP contribution in [0.1, 0.15) is 25.3 Å². The third kappa shape index (κ3) is 2.51. The standard InChI is InChI=1S/C14H21BrN4/c1-10-8-18-4-2-3-13(18)9-19(10)14-11(6-16)5-12(15)7-17-14/h5,7,10,13H,2-4,6,8-9,16H2,1H3. The first kappa shape index (κ1) is 13.3. The molecule has 2 fully saturated rings. The Morgan fingerprint density at radius 2 is 2.32 bits per heavy atom. The number of halogens is 1. The van der Waals surface area contributed by atoms with Crippen molar-refractivity contribution in [2.24, 2.45) is 5.73 Å². The summed E-state index contributed by atoms with van der Waals surface area (Å²) < 4.78 is 1.00. The van der Waals surface area contributed by atoms with Crippen LogP contribution in [0.3, 0.4) is 0 Å². The lowest BCUT2D eigenvalue weighted by Crippen LogP contribution is -2.55. The van der Waals surface area contributed by atoms with Crippen LogP contribution in [-0.2, 0) is 6.54 Å². The second-order valence-electron chi connectivity index (χ2n) is 5.63. The van der Waals surface area contributed by atoms with Gasteiger partial charge in [-0.05, 0) is 48.3 Å². The van der Waals surface area contributed by atoms with Gasteiger partial charge in [-0.3, -0.25) is 4.90 Å². The summed E-state index contributed by atoms with van der Waals surface area (Å²) in [5.74, 6) is 1.07. The Hall–Kier alpha value is -0.650. The van der Waals surface area contributed by atoms with E-state index in [1.807, 2.05) is 6.20 Å². The fourth-order valence-electron chi connectivity index (χ4n) is 3.37. The number of rotatable bonds is 2. The molecular weight excluding hydrogens is 304 g/mol. The van der Waals surface area contributed by atoms with Crippen LogP contribution in [0.15, 0.2) is 16.7 Å². The van der Waals surface area contributed by atoms with Crippen LogP contribution >= 0.6 is 15.9 Å². The van der Waals surface area contributed by atoms with Crippen LogP contribution in [0.25, 0.3) is 0 Å². The van der Waals surface area contributed by atoms with Crippen molar-refractivity contribution in [1.82, 2.24) is 9.88 Å². The summed E-state index contributed by atoms with van der Waals surface area (Å²) in [7, 11) is 0. The number of hydrogen-bond acceptors (Lipinski definition) is 4. The molecule has 3 rings (SSSR count). The number of pyridine rings is 1. The minimum absolute atomic E-state index is 0.508. The lowest BCUT2D eigenvalue weighted by Gasteiger charge is -2.43. The third-order valence-corrected chi connectivity index (χ3v) is 4.77. The highest BCUT2D eigenvalue weighted by molar-refractivity contribution is 9.10. The molecule has 104 valence electrons. The number of anilines is 1. The number of nitrogens with two attached hydrogens (primary N) is 1. The number of aromatic nitrogens is 1. The maximum Gasteiger partial charge on any atom is 0.133 e. The summed E-state index contributed by atoms with van der Waals surface area (Å²) in [6, 6.07) is 3.30. The molecule has 2 saturated heterocycles. The Morgan fingerprint density at radius 1 is 1.47 bits per heavy atom. The quantitative estimate of drug-likeness (QED) is 0.903. The van der Waals surface area contributed by atoms with Crippen molar-refractivity contribution in [2.45, 2.75) is 38.4 Å². The van der Waals surface area contributed by atoms with E-state index in [1.54, 1.807) is 0 Å². The zero-order chi connectivity index (χ0) is 13.4. The van der Waals surface area contributed by atoms with Crippen LogP contribution in [0.5, 0.6) is 0 Å². The normalized spacial score (nSPS) is 27.6. The fraction of sp³-hybridized carbons (Fsp3) is 0.643. The first-order chi connectivity index (χ1) is 9.19. The lowest BCUT2D eigenvalue weighted by atomic mass is 10.1. The number of hydrogen-bond donors (Lipinski definition) is 1. The van der Waals surface area contributed by atoms with Crippen LogP contribution < -0.4 is 10.6 Å². The van der Waals surface area contributed by atoms with Gasteiger partial charge in [-0.2, -0.15) is 0 Å². The van der Waals surface area contributed by atoms with Gasteiger partial charge >= 0.3 is 0 Å². The molecule has 0 aromatic carbocycles. The van der Waals surface area contributed by atoms with Crippen molar-refractivity contribution >= 4 is 21.7 Å². The molecular formula is C14H21BrN4. The van der Waals surface area contributed by atoms with E-state index in [1.165, 1.54) is 19.4 Å². The smallest absolute Gasteiger partial charge is 0.133 e. The van der Waals surface area contributed by atoms with Crippen molar-refractivity contribution in [3.8, 4) is 0 Å². The van der Waals surface area contributed by atoms with Gasteiger partial charge in [0.25, 0.3) is 0 Å². The van der Waals surface area contributed by atoms with Gasteiger partial charge in [0.1, 0.15) is 5.82 Å².